The van der Waals surface area contributed by atoms with Crippen molar-refractivity contribution in [3.63, 3.8) is 0 Å². The first kappa shape index (κ1) is 20.3. The molecule has 0 spiro atoms. The number of carbonyl (C=O) groups is 2. The van der Waals surface area contributed by atoms with Crippen molar-refractivity contribution in [1.29, 1.82) is 0 Å². The molecule has 26 heavy (non-hydrogen) atoms. The highest BCUT2D eigenvalue weighted by Gasteiger charge is 2.27. The first-order chi connectivity index (χ1) is 12.3. The van der Waals surface area contributed by atoms with E-state index in [2.05, 4.69) is 5.32 Å². The molecule has 0 aliphatic heterocycles. The summed E-state index contributed by atoms with van der Waals surface area (Å²) in [7, 11) is 3.30. The van der Waals surface area contributed by atoms with Gasteiger partial charge in [-0.05, 0) is 42.3 Å². The van der Waals surface area contributed by atoms with E-state index in [-0.39, 0.29) is 17.7 Å². The number of thiophene rings is 1. The molecule has 1 heterocycles. The standard InChI is InChI=1S/C19H23ClN2O3S/c1-12(2)17(19(24)22(3)11-15-9-10-16(20)26-15)21-18(23)13-5-7-14(25-4)8-6-13/h5-10,12,17H,11H2,1-4H3,(H,21,23). The Morgan fingerprint density at radius 2 is 1.85 bits per heavy atom. The van der Waals surface area contributed by atoms with Gasteiger partial charge in [0.15, 0.2) is 0 Å². The Hall–Kier alpha value is -2.05. The summed E-state index contributed by atoms with van der Waals surface area (Å²) < 4.78 is 5.78. The zero-order valence-corrected chi connectivity index (χ0v) is 16.9. The molecule has 5 nitrogen and oxygen atoms in total. The molecule has 0 saturated heterocycles. The molecule has 0 aliphatic carbocycles. The van der Waals surface area contributed by atoms with Crippen LogP contribution in [0.25, 0.3) is 0 Å². The molecule has 0 saturated carbocycles. The summed E-state index contributed by atoms with van der Waals surface area (Å²) in [6, 6.07) is 9.88. The number of ether oxygens (including phenoxy) is 1. The van der Waals surface area contributed by atoms with Crippen molar-refractivity contribution in [3.8, 4) is 5.75 Å². The van der Waals surface area contributed by atoms with Gasteiger partial charge in [0.05, 0.1) is 18.0 Å². The minimum Gasteiger partial charge on any atom is -0.497 e. The van der Waals surface area contributed by atoms with E-state index in [0.717, 1.165) is 4.88 Å². The maximum Gasteiger partial charge on any atom is 0.251 e. The molecule has 1 unspecified atom stereocenters. The first-order valence-corrected chi connectivity index (χ1v) is 9.45. The average molecular weight is 395 g/mol. The second kappa shape index (κ2) is 9.05. The summed E-state index contributed by atoms with van der Waals surface area (Å²) >= 11 is 7.38. The predicted octanol–water partition coefficient (Wildman–Crippen LogP) is 3.82. The zero-order valence-electron chi connectivity index (χ0n) is 15.3. The quantitative estimate of drug-likeness (QED) is 0.776. The molecular weight excluding hydrogens is 372 g/mol. The van der Waals surface area contributed by atoms with Crippen molar-refractivity contribution in [1.82, 2.24) is 10.2 Å². The molecule has 0 aliphatic rings. The van der Waals surface area contributed by atoms with Crippen LogP contribution in [0.5, 0.6) is 5.75 Å². The number of hydrogen-bond donors (Lipinski definition) is 1. The van der Waals surface area contributed by atoms with Crippen molar-refractivity contribution in [2.75, 3.05) is 14.2 Å². The maximum absolute atomic E-state index is 12.8. The largest absolute Gasteiger partial charge is 0.497 e. The van der Waals surface area contributed by atoms with Crippen LogP contribution in [0.2, 0.25) is 4.34 Å². The van der Waals surface area contributed by atoms with Gasteiger partial charge in [-0.3, -0.25) is 9.59 Å². The van der Waals surface area contributed by atoms with Crippen molar-refractivity contribution >= 4 is 34.8 Å². The summed E-state index contributed by atoms with van der Waals surface area (Å²) in [6.07, 6.45) is 0. The normalized spacial score (nSPS) is 11.9. The lowest BCUT2D eigenvalue weighted by Gasteiger charge is -2.27. The van der Waals surface area contributed by atoms with E-state index in [4.69, 9.17) is 16.3 Å². The van der Waals surface area contributed by atoms with Crippen LogP contribution in [-0.4, -0.2) is 36.9 Å². The first-order valence-electron chi connectivity index (χ1n) is 8.26. The second-order valence-electron chi connectivity index (χ2n) is 6.32. The van der Waals surface area contributed by atoms with Crippen LogP contribution in [0, 0.1) is 5.92 Å². The van der Waals surface area contributed by atoms with Gasteiger partial charge in [-0.15, -0.1) is 11.3 Å². The highest BCUT2D eigenvalue weighted by Crippen LogP contribution is 2.23. The SMILES string of the molecule is COc1ccc(C(=O)NC(C(=O)N(C)Cc2ccc(Cl)s2)C(C)C)cc1. The van der Waals surface area contributed by atoms with E-state index >= 15 is 0 Å². The van der Waals surface area contributed by atoms with E-state index < -0.39 is 6.04 Å². The molecule has 0 bridgehead atoms. The summed E-state index contributed by atoms with van der Waals surface area (Å²) in [5.41, 5.74) is 0.483. The molecule has 1 aromatic heterocycles. The molecule has 0 radical (unpaired) electrons. The Bertz CT molecular complexity index is 758. The van der Waals surface area contributed by atoms with Gasteiger partial charge in [0.25, 0.3) is 5.91 Å². The fraction of sp³-hybridized carbons (Fsp3) is 0.368. The number of benzene rings is 1. The summed E-state index contributed by atoms with van der Waals surface area (Å²) in [5.74, 6) is 0.213. The van der Waals surface area contributed by atoms with Crippen LogP contribution in [0.4, 0.5) is 0 Å². The lowest BCUT2D eigenvalue weighted by Crippen LogP contribution is -2.49. The maximum atomic E-state index is 12.8. The van der Waals surface area contributed by atoms with Gasteiger partial charge in [0.2, 0.25) is 5.91 Å². The number of amides is 2. The number of likely N-dealkylation sites (N-methyl/N-ethyl adjacent to an activating group) is 1. The van der Waals surface area contributed by atoms with Crippen LogP contribution in [0.15, 0.2) is 36.4 Å². The third-order valence-corrected chi connectivity index (χ3v) is 5.19. The summed E-state index contributed by atoms with van der Waals surface area (Å²) in [4.78, 5) is 27.9. The average Bonchev–Trinajstić information content (AvgIpc) is 3.03. The van der Waals surface area contributed by atoms with Gasteiger partial charge in [-0.1, -0.05) is 25.4 Å². The van der Waals surface area contributed by atoms with Gasteiger partial charge < -0.3 is 15.0 Å². The highest BCUT2D eigenvalue weighted by molar-refractivity contribution is 7.16. The molecule has 0 fully saturated rings. The number of hydrogen-bond acceptors (Lipinski definition) is 4. The van der Waals surface area contributed by atoms with E-state index in [0.29, 0.717) is 22.2 Å². The molecule has 140 valence electrons. The van der Waals surface area contributed by atoms with Gasteiger partial charge in [-0.25, -0.2) is 0 Å². The Morgan fingerprint density at radius 3 is 2.35 bits per heavy atom. The number of rotatable bonds is 7. The van der Waals surface area contributed by atoms with E-state index in [1.807, 2.05) is 26.0 Å². The zero-order chi connectivity index (χ0) is 19.3. The fourth-order valence-electron chi connectivity index (χ4n) is 2.47. The van der Waals surface area contributed by atoms with Gasteiger partial charge >= 0.3 is 0 Å². The van der Waals surface area contributed by atoms with Crippen molar-refractivity contribution in [2.24, 2.45) is 5.92 Å². The third-order valence-electron chi connectivity index (χ3n) is 3.97. The van der Waals surface area contributed by atoms with Crippen LogP contribution < -0.4 is 10.1 Å². The molecule has 7 heteroatoms. The van der Waals surface area contributed by atoms with Crippen LogP contribution in [0.3, 0.4) is 0 Å². The summed E-state index contributed by atoms with van der Waals surface area (Å²) in [5, 5.41) is 2.85. The van der Waals surface area contributed by atoms with Gasteiger partial charge in [0, 0.05) is 17.5 Å². The number of methoxy groups -OCH3 is 1. The number of carbonyl (C=O) groups excluding carboxylic acids is 2. The third kappa shape index (κ3) is 5.22. The van der Waals surface area contributed by atoms with Crippen LogP contribution in [-0.2, 0) is 11.3 Å². The number of halogens is 1. The van der Waals surface area contributed by atoms with Crippen molar-refractivity contribution in [3.05, 3.63) is 51.2 Å². The van der Waals surface area contributed by atoms with Crippen molar-refractivity contribution < 1.29 is 14.3 Å². The number of nitrogens with zero attached hydrogens (tertiary/aromatic N) is 1. The van der Waals surface area contributed by atoms with Gasteiger partial charge in [-0.2, -0.15) is 0 Å². The fourth-order valence-corrected chi connectivity index (χ4v) is 3.61. The Kier molecular flexibility index (Phi) is 7.06. The Labute approximate surface area is 162 Å². The molecule has 2 aromatic rings. The molecule has 2 rings (SSSR count). The van der Waals surface area contributed by atoms with Crippen LogP contribution >= 0.6 is 22.9 Å². The molecule has 2 amide bonds. The smallest absolute Gasteiger partial charge is 0.251 e. The lowest BCUT2D eigenvalue weighted by atomic mass is 10.0. The Balaban J connectivity index is 2.06. The van der Waals surface area contributed by atoms with E-state index in [1.54, 1.807) is 43.3 Å². The minimum atomic E-state index is -0.606. The van der Waals surface area contributed by atoms with Crippen LogP contribution in [0.1, 0.15) is 29.1 Å². The summed E-state index contributed by atoms with van der Waals surface area (Å²) in [6.45, 7) is 4.28. The topological polar surface area (TPSA) is 58.6 Å². The molecule has 1 aromatic carbocycles. The second-order valence-corrected chi connectivity index (χ2v) is 8.12. The molecule has 1 atom stereocenters. The lowest BCUT2D eigenvalue weighted by molar-refractivity contribution is -0.133. The number of nitrogens with one attached hydrogen (secondary N) is 1. The predicted molar refractivity (Wildman–Crippen MR) is 105 cm³/mol. The van der Waals surface area contributed by atoms with E-state index in [1.165, 1.54) is 11.3 Å². The highest BCUT2D eigenvalue weighted by atomic mass is 35.5. The van der Waals surface area contributed by atoms with E-state index in [9.17, 15) is 9.59 Å². The molecule has 1 N–H and O–H groups in total. The minimum absolute atomic E-state index is 0.0425. The monoisotopic (exact) mass is 394 g/mol. The van der Waals surface area contributed by atoms with Gasteiger partial charge in [0.1, 0.15) is 11.8 Å². The van der Waals surface area contributed by atoms with Crippen molar-refractivity contribution in [2.45, 2.75) is 26.4 Å². The molecular formula is C19H23ClN2O3S. The Morgan fingerprint density at radius 1 is 1.19 bits per heavy atom.